The molecule has 2 N–H and O–H groups in total. The molecule has 18 heavy (non-hydrogen) atoms. The molecular formula is C14H23ClN2O. The lowest BCUT2D eigenvalue weighted by molar-refractivity contribution is -0.131. The van der Waals surface area contributed by atoms with E-state index in [1.54, 1.807) is 18.9 Å². The Hall–Kier alpha value is -1.06. The topological polar surface area (TPSA) is 46.3 Å². The standard InChI is InChI=1S/C14H22N2O.ClH/c1-10(2)13-7-5-12(6-8-13)9-16(4)14(17)11(3)15;/h5-8,10-11H,9,15H2,1-4H3;1H/t11-;/m0./s1. The molecule has 0 radical (unpaired) electrons. The Morgan fingerprint density at radius 1 is 1.22 bits per heavy atom. The number of hydrogen-bond donors (Lipinski definition) is 1. The lowest BCUT2D eigenvalue weighted by Crippen LogP contribution is -2.39. The highest BCUT2D eigenvalue weighted by Gasteiger charge is 2.13. The predicted octanol–water partition coefficient (Wildman–Crippen LogP) is 2.54. The predicted molar refractivity (Wildman–Crippen MR) is 77.9 cm³/mol. The molecule has 102 valence electrons. The van der Waals surface area contributed by atoms with E-state index in [1.807, 2.05) is 0 Å². The summed E-state index contributed by atoms with van der Waals surface area (Å²) in [5, 5.41) is 0. The van der Waals surface area contributed by atoms with Crippen LogP contribution in [-0.2, 0) is 11.3 Å². The maximum absolute atomic E-state index is 11.6. The SMILES string of the molecule is CC(C)c1ccc(CN(C)C(=O)[C@H](C)N)cc1.Cl. The van der Waals surface area contributed by atoms with Crippen LogP contribution < -0.4 is 5.73 Å². The Morgan fingerprint density at radius 2 is 1.72 bits per heavy atom. The Labute approximate surface area is 116 Å². The molecule has 1 rings (SSSR count). The molecule has 0 aliphatic heterocycles. The van der Waals surface area contributed by atoms with Gasteiger partial charge < -0.3 is 10.6 Å². The number of carbonyl (C=O) groups is 1. The van der Waals surface area contributed by atoms with Crippen molar-refractivity contribution in [2.24, 2.45) is 5.73 Å². The van der Waals surface area contributed by atoms with Crippen LogP contribution in [0.25, 0.3) is 0 Å². The molecule has 0 unspecified atom stereocenters. The van der Waals surface area contributed by atoms with Crippen molar-refractivity contribution >= 4 is 18.3 Å². The van der Waals surface area contributed by atoms with Gasteiger partial charge in [0.15, 0.2) is 0 Å². The average molecular weight is 271 g/mol. The van der Waals surface area contributed by atoms with Crippen LogP contribution >= 0.6 is 12.4 Å². The Bertz CT molecular complexity index is 374. The van der Waals surface area contributed by atoms with Gasteiger partial charge in [0.1, 0.15) is 0 Å². The zero-order chi connectivity index (χ0) is 13.0. The van der Waals surface area contributed by atoms with E-state index < -0.39 is 6.04 Å². The first-order valence-electron chi connectivity index (χ1n) is 6.01. The van der Waals surface area contributed by atoms with Gasteiger partial charge >= 0.3 is 0 Å². The molecule has 0 saturated heterocycles. The summed E-state index contributed by atoms with van der Waals surface area (Å²) in [4.78, 5) is 13.3. The molecule has 0 saturated carbocycles. The molecule has 0 spiro atoms. The fourth-order valence-electron chi connectivity index (χ4n) is 1.71. The van der Waals surface area contributed by atoms with Crippen molar-refractivity contribution in [1.29, 1.82) is 0 Å². The summed E-state index contributed by atoms with van der Waals surface area (Å²) >= 11 is 0. The van der Waals surface area contributed by atoms with Crippen LogP contribution in [0.5, 0.6) is 0 Å². The van der Waals surface area contributed by atoms with E-state index in [4.69, 9.17) is 5.73 Å². The number of benzene rings is 1. The van der Waals surface area contributed by atoms with Gasteiger partial charge in [-0.15, -0.1) is 12.4 Å². The highest BCUT2D eigenvalue weighted by Crippen LogP contribution is 2.15. The molecule has 0 aliphatic rings. The summed E-state index contributed by atoms with van der Waals surface area (Å²) in [5.41, 5.74) is 8.01. The van der Waals surface area contributed by atoms with Crippen molar-refractivity contribution in [3.8, 4) is 0 Å². The molecule has 0 heterocycles. The lowest BCUT2D eigenvalue weighted by Gasteiger charge is -2.19. The summed E-state index contributed by atoms with van der Waals surface area (Å²) < 4.78 is 0. The lowest BCUT2D eigenvalue weighted by atomic mass is 10.0. The Kier molecular flexibility index (Phi) is 6.96. The highest BCUT2D eigenvalue weighted by molar-refractivity contribution is 5.85. The first-order chi connectivity index (χ1) is 7.91. The zero-order valence-electron chi connectivity index (χ0n) is 11.5. The van der Waals surface area contributed by atoms with E-state index in [0.29, 0.717) is 12.5 Å². The third-order valence-electron chi connectivity index (χ3n) is 2.83. The number of carbonyl (C=O) groups excluding carboxylic acids is 1. The average Bonchev–Trinajstić information content (AvgIpc) is 2.28. The summed E-state index contributed by atoms with van der Waals surface area (Å²) in [5.74, 6) is 0.505. The number of nitrogens with zero attached hydrogens (tertiary/aromatic N) is 1. The van der Waals surface area contributed by atoms with Gasteiger partial charge in [0.05, 0.1) is 6.04 Å². The van der Waals surface area contributed by atoms with Crippen LogP contribution in [0.3, 0.4) is 0 Å². The molecular weight excluding hydrogens is 248 g/mol. The molecule has 1 aromatic carbocycles. The molecule has 1 amide bonds. The molecule has 4 heteroatoms. The first kappa shape index (κ1) is 16.9. The fraction of sp³-hybridized carbons (Fsp3) is 0.500. The number of halogens is 1. The van der Waals surface area contributed by atoms with Gasteiger partial charge in [-0.2, -0.15) is 0 Å². The monoisotopic (exact) mass is 270 g/mol. The molecule has 0 aliphatic carbocycles. The third-order valence-corrected chi connectivity index (χ3v) is 2.83. The first-order valence-corrected chi connectivity index (χ1v) is 6.01. The molecule has 0 bridgehead atoms. The number of rotatable bonds is 4. The Morgan fingerprint density at radius 3 is 2.11 bits per heavy atom. The van der Waals surface area contributed by atoms with E-state index in [2.05, 4.69) is 38.1 Å². The quantitative estimate of drug-likeness (QED) is 0.914. The maximum atomic E-state index is 11.6. The van der Waals surface area contributed by atoms with Crippen molar-refractivity contribution < 1.29 is 4.79 Å². The second-order valence-electron chi connectivity index (χ2n) is 4.88. The molecule has 0 fully saturated rings. The number of nitrogens with two attached hydrogens (primary N) is 1. The van der Waals surface area contributed by atoms with Gasteiger partial charge in [-0.3, -0.25) is 4.79 Å². The van der Waals surface area contributed by atoms with Crippen molar-refractivity contribution in [1.82, 2.24) is 4.90 Å². The van der Waals surface area contributed by atoms with Crippen LogP contribution in [-0.4, -0.2) is 23.9 Å². The third kappa shape index (κ3) is 4.67. The van der Waals surface area contributed by atoms with E-state index >= 15 is 0 Å². The van der Waals surface area contributed by atoms with Crippen LogP contribution in [0.2, 0.25) is 0 Å². The van der Waals surface area contributed by atoms with E-state index in [0.717, 1.165) is 5.56 Å². The molecule has 1 atom stereocenters. The fourth-order valence-corrected chi connectivity index (χ4v) is 1.71. The number of amides is 1. The minimum atomic E-state index is -0.435. The molecule has 1 aromatic rings. The smallest absolute Gasteiger partial charge is 0.239 e. The van der Waals surface area contributed by atoms with Gasteiger partial charge in [-0.05, 0) is 24.0 Å². The molecule has 3 nitrogen and oxygen atoms in total. The summed E-state index contributed by atoms with van der Waals surface area (Å²) in [6, 6.07) is 7.93. The van der Waals surface area contributed by atoms with E-state index in [1.165, 1.54) is 5.56 Å². The summed E-state index contributed by atoms with van der Waals surface area (Å²) in [7, 11) is 1.78. The molecule has 0 aromatic heterocycles. The normalized spacial score (nSPS) is 11.9. The van der Waals surface area contributed by atoms with Crippen LogP contribution in [0.4, 0.5) is 0 Å². The highest BCUT2D eigenvalue weighted by atomic mass is 35.5. The largest absolute Gasteiger partial charge is 0.340 e. The van der Waals surface area contributed by atoms with Crippen molar-refractivity contribution in [2.45, 2.75) is 39.3 Å². The Balaban J connectivity index is 0.00000289. The number of likely N-dealkylation sites (N-methyl/N-ethyl adjacent to an activating group) is 1. The van der Waals surface area contributed by atoms with Gasteiger partial charge in [0, 0.05) is 13.6 Å². The minimum Gasteiger partial charge on any atom is -0.340 e. The van der Waals surface area contributed by atoms with Gasteiger partial charge in [-0.1, -0.05) is 38.1 Å². The van der Waals surface area contributed by atoms with Crippen molar-refractivity contribution in [2.75, 3.05) is 7.05 Å². The van der Waals surface area contributed by atoms with Crippen LogP contribution in [0, 0.1) is 0 Å². The summed E-state index contributed by atoms with van der Waals surface area (Å²) in [6.07, 6.45) is 0. The van der Waals surface area contributed by atoms with E-state index in [-0.39, 0.29) is 18.3 Å². The van der Waals surface area contributed by atoms with Crippen LogP contribution in [0.15, 0.2) is 24.3 Å². The zero-order valence-corrected chi connectivity index (χ0v) is 12.3. The van der Waals surface area contributed by atoms with Crippen LogP contribution in [0.1, 0.15) is 37.8 Å². The van der Waals surface area contributed by atoms with Gasteiger partial charge in [0.2, 0.25) is 5.91 Å². The number of hydrogen-bond acceptors (Lipinski definition) is 2. The summed E-state index contributed by atoms with van der Waals surface area (Å²) in [6.45, 7) is 6.65. The van der Waals surface area contributed by atoms with Crippen molar-refractivity contribution in [3.05, 3.63) is 35.4 Å². The van der Waals surface area contributed by atoms with E-state index in [9.17, 15) is 4.79 Å². The van der Waals surface area contributed by atoms with Gasteiger partial charge in [-0.25, -0.2) is 0 Å². The van der Waals surface area contributed by atoms with Gasteiger partial charge in [0.25, 0.3) is 0 Å². The maximum Gasteiger partial charge on any atom is 0.239 e. The second kappa shape index (κ2) is 7.39. The van der Waals surface area contributed by atoms with Crippen molar-refractivity contribution in [3.63, 3.8) is 0 Å². The second-order valence-corrected chi connectivity index (χ2v) is 4.88. The minimum absolute atomic E-state index is 0.